The topological polar surface area (TPSA) is 38.8 Å². The molecule has 3 aliphatic heterocycles. The van der Waals surface area contributed by atoms with Crippen molar-refractivity contribution in [3.63, 3.8) is 0 Å². The minimum absolute atomic E-state index is 0.0679. The number of ether oxygens (including phenoxy) is 2. The van der Waals surface area contributed by atoms with Crippen molar-refractivity contribution in [2.45, 2.75) is 37.0 Å². The summed E-state index contributed by atoms with van der Waals surface area (Å²) in [4.78, 5) is 14.4. The molecule has 3 heterocycles. The van der Waals surface area contributed by atoms with Gasteiger partial charge in [-0.2, -0.15) is 0 Å². The van der Waals surface area contributed by atoms with Crippen molar-refractivity contribution in [2.24, 2.45) is 5.92 Å². The van der Waals surface area contributed by atoms with E-state index in [4.69, 9.17) is 9.47 Å². The highest BCUT2D eigenvalue weighted by atomic mass is 32.2. The molecule has 6 heteroatoms. The zero-order chi connectivity index (χ0) is 18.1. The number of rotatable bonds is 4. The lowest BCUT2D eigenvalue weighted by Crippen LogP contribution is -2.60. The van der Waals surface area contributed by atoms with Crippen LogP contribution in [0.3, 0.4) is 0 Å². The molecule has 1 atom stereocenters. The van der Waals surface area contributed by atoms with Gasteiger partial charge in [0.05, 0.1) is 10.9 Å². The summed E-state index contributed by atoms with van der Waals surface area (Å²) in [6.45, 7) is 5.72. The second-order valence-corrected chi connectivity index (χ2v) is 9.32. The maximum Gasteiger partial charge on any atom is 0.254 e. The van der Waals surface area contributed by atoms with Gasteiger partial charge in [0.2, 0.25) is 0 Å². The summed E-state index contributed by atoms with van der Waals surface area (Å²) >= 11 is 1.93. The fourth-order valence-corrected chi connectivity index (χ4v) is 5.57. The molecule has 0 bridgehead atoms. The molecule has 142 valence electrons. The molecule has 4 rings (SSSR count). The molecule has 1 spiro atoms. The number of aryl methyl sites for hydroxylation is 1. The van der Waals surface area contributed by atoms with Gasteiger partial charge in [0, 0.05) is 44.2 Å². The average Bonchev–Trinajstić information content (AvgIpc) is 3.06. The molecule has 0 saturated carbocycles. The minimum Gasteiger partial charge on any atom is -0.381 e. The second-order valence-electron chi connectivity index (χ2n) is 7.83. The molecule has 1 aromatic rings. The van der Waals surface area contributed by atoms with Crippen LogP contribution in [0.1, 0.15) is 35.2 Å². The molecular weight excluding hydrogens is 353 g/mol. The van der Waals surface area contributed by atoms with E-state index >= 15 is 0 Å². The number of carbonyl (C=O) groups excluding carboxylic acids is 1. The summed E-state index contributed by atoms with van der Waals surface area (Å²) in [6.07, 6.45) is 3.49. The zero-order valence-corrected chi connectivity index (χ0v) is 16.0. The van der Waals surface area contributed by atoms with Gasteiger partial charge >= 0.3 is 0 Å². The van der Waals surface area contributed by atoms with Gasteiger partial charge < -0.3 is 14.4 Å². The highest BCUT2D eigenvalue weighted by molar-refractivity contribution is 8.01. The van der Waals surface area contributed by atoms with Crippen LogP contribution in [0, 0.1) is 18.7 Å². The Morgan fingerprint density at radius 3 is 2.88 bits per heavy atom. The normalized spacial score (nSPS) is 25.5. The predicted molar refractivity (Wildman–Crippen MR) is 100 cm³/mol. The first-order valence-electron chi connectivity index (χ1n) is 9.43. The average molecular weight is 379 g/mol. The number of nitrogens with zero attached hydrogens (tertiary/aromatic N) is 1. The zero-order valence-electron chi connectivity index (χ0n) is 15.2. The summed E-state index contributed by atoms with van der Waals surface area (Å²) in [5.74, 6) is 1.25. The van der Waals surface area contributed by atoms with E-state index in [0.29, 0.717) is 17.0 Å². The largest absolute Gasteiger partial charge is 0.381 e. The van der Waals surface area contributed by atoms with Crippen molar-refractivity contribution in [3.8, 4) is 0 Å². The lowest BCUT2D eigenvalue weighted by atomic mass is 9.92. The van der Waals surface area contributed by atoms with Crippen LogP contribution in [-0.2, 0) is 9.47 Å². The molecule has 0 aromatic heterocycles. The van der Waals surface area contributed by atoms with E-state index < -0.39 is 0 Å². The standard InChI is InChI=1S/C20H26FNO3S/c1-14-2-3-16(8-18(14)21)19(23)22-12-20(13-22)9-17(11-26-20)25-10-15-4-6-24-7-5-15/h2-3,8,15,17H,4-7,9-13H2,1H3. The fourth-order valence-electron chi connectivity index (χ4n) is 4.02. The molecule has 1 aromatic carbocycles. The Morgan fingerprint density at radius 2 is 2.15 bits per heavy atom. The van der Waals surface area contributed by atoms with E-state index in [-0.39, 0.29) is 22.6 Å². The predicted octanol–water partition coefficient (Wildman–Crippen LogP) is 3.28. The van der Waals surface area contributed by atoms with Crippen molar-refractivity contribution in [2.75, 3.05) is 38.7 Å². The van der Waals surface area contributed by atoms with Gasteiger partial charge in [0.15, 0.2) is 0 Å². The maximum absolute atomic E-state index is 13.7. The minimum atomic E-state index is -0.317. The fraction of sp³-hybridized carbons (Fsp3) is 0.650. The summed E-state index contributed by atoms with van der Waals surface area (Å²) in [5, 5.41) is 0. The summed E-state index contributed by atoms with van der Waals surface area (Å²) in [7, 11) is 0. The smallest absolute Gasteiger partial charge is 0.254 e. The van der Waals surface area contributed by atoms with Gasteiger partial charge in [-0.3, -0.25) is 4.79 Å². The molecule has 0 aliphatic carbocycles. The Bertz CT molecular complexity index is 671. The van der Waals surface area contributed by atoms with Gasteiger partial charge in [-0.05, 0) is 49.8 Å². The van der Waals surface area contributed by atoms with Crippen molar-refractivity contribution < 1.29 is 18.7 Å². The molecule has 1 amide bonds. The van der Waals surface area contributed by atoms with Crippen molar-refractivity contribution in [1.29, 1.82) is 0 Å². The van der Waals surface area contributed by atoms with Crippen LogP contribution in [0.25, 0.3) is 0 Å². The van der Waals surface area contributed by atoms with Gasteiger partial charge in [0.25, 0.3) is 5.91 Å². The third-order valence-electron chi connectivity index (χ3n) is 5.75. The van der Waals surface area contributed by atoms with Crippen LogP contribution >= 0.6 is 11.8 Å². The van der Waals surface area contributed by atoms with Crippen LogP contribution in [0.2, 0.25) is 0 Å². The Morgan fingerprint density at radius 1 is 1.38 bits per heavy atom. The Balaban J connectivity index is 1.26. The SMILES string of the molecule is Cc1ccc(C(=O)N2CC3(CC(OCC4CCOCC4)CS3)C2)cc1F. The molecule has 3 aliphatic rings. The quantitative estimate of drug-likeness (QED) is 0.805. The highest BCUT2D eigenvalue weighted by Crippen LogP contribution is 2.46. The van der Waals surface area contributed by atoms with Crippen LogP contribution < -0.4 is 0 Å². The summed E-state index contributed by atoms with van der Waals surface area (Å²) < 4.78 is 25.4. The van der Waals surface area contributed by atoms with Crippen LogP contribution in [0.5, 0.6) is 0 Å². The second kappa shape index (κ2) is 7.49. The van der Waals surface area contributed by atoms with E-state index in [1.165, 1.54) is 6.07 Å². The van der Waals surface area contributed by atoms with E-state index in [0.717, 1.165) is 57.9 Å². The third kappa shape index (κ3) is 3.78. The maximum atomic E-state index is 13.7. The summed E-state index contributed by atoms with van der Waals surface area (Å²) in [5.41, 5.74) is 1.01. The molecule has 4 nitrogen and oxygen atoms in total. The number of halogens is 1. The van der Waals surface area contributed by atoms with Gasteiger partial charge in [-0.25, -0.2) is 4.39 Å². The van der Waals surface area contributed by atoms with Gasteiger partial charge in [-0.15, -0.1) is 11.8 Å². The first kappa shape index (κ1) is 18.3. The van der Waals surface area contributed by atoms with E-state index in [9.17, 15) is 9.18 Å². The lowest BCUT2D eigenvalue weighted by Gasteiger charge is -2.47. The van der Waals surface area contributed by atoms with Gasteiger partial charge in [-0.1, -0.05) is 6.07 Å². The summed E-state index contributed by atoms with van der Waals surface area (Å²) in [6, 6.07) is 4.74. The number of thioether (sulfide) groups is 1. The first-order valence-corrected chi connectivity index (χ1v) is 10.4. The molecule has 26 heavy (non-hydrogen) atoms. The van der Waals surface area contributed by atoms with E-state index in [1.54, 1.807) is 19.1 Å². The molecule has 3 saturated heterocycles. The number of amides is 1. The van der Waals surface area contributed by atoms with E-state index in [2.05, 4.69) is 0 Å². The molecule has 1 unspecified atom stereocenters. The Labute approximate surface area is 158 Å². The molecule has 0 radical (unpaired) electrons. The Hall–Kier alpha value is -1.11. The lowest BCUT2D eigenvalue weighted by molar-refractivity contribution is -0.0118. The molecule has 3 fully saturated rings. The molecule has 0 N–H and O–H groups in total. The number of carbonyl (C=O) groups is 1. The molecular formula is C20H26FNO3S. The number of benzene rings is 1. The number of hydrogen-bond donors (Lipinski definition) is 0. The van der Waals surface area contributed by atoms with Crippen molar-refractivity contribution >= 4 is 17.7 Å². The highest BCUT2D eigenvalue weighted by Gasteiger charge is 2.51. The van der Waals surface area contributed by atoms with Crippen molar-refractivity contribution in [1.82, 2.24) is 4.90 Å². The number of hydrogen-bond acceptors (Lipinski definition) is 4. The monoisotopic (exact) mass is 379 g/mol. The first-order chi connectivity index (χ1) is 12.5. The van der Waals surface area contributed by atoms with Crippen molar-refractivity contribution in [3.05, 3.63) is 35.1 Å². The third-order valence-corrected chi connectivity index (χ3v) is 7.32. The van der Waals surface area contributed by atoms with Crippen LogP contribution in [-0.4, -0.2) is 60.3 Å². The van der Waals surface area contributed by atoms with Crippen LogP contribution in [0.15, 0.2) is 18.2 Å². The Kier molecular flexibility index (Phi) is 5.26. The number of likely N-dealkylation sites (tertiary alicyclic amines) is 1. The van der Waals surface area contributed by atoms with Crippen LogP contribution in [0.4, 0.5) is 4.39 Å². The van der Waals surface area contributed by atoms with Gasteiger partial charge in [0.1, 0.15) is 5.82 Å². The van der Waals surface area contributed by atoms with E-state index in [1.807, 2.05) is 16.7 Å².